The summed E-state index contributed by atoms with van der Waals surface area (Å²) in [5.41, 5.74) is 1.26. The second-order valence-corrected chi connectivity index (χ2v) is 6.07. The zero-order chi connectivity index (χ0) is 20.5. The van der Waals surface area contributed by atoms with Gasteiger partial charge >= 0.3 is 5.97 Å². The summed E-state index contributed by atoms with van der Waals surface area (Å²) in [4.78, 5) is 24.4. The zero-order valence-corrected chi connectivity index (χ0v) is 16.5. The van der Waals surface area contributed by atoms with E-state index in [0.29, 0.717) is 12.3 Å². The minimum atomic E-state index is -0.691. The lowest BCUT2D eigenvalue weighted by molar-refractivity contribution is -0.124. The van der Waals surface area contributed by atoms with Gasteiger partial charge in [-0.25, -0.2) is 4.79 Å². The number of nitrogens with one attached hydrogen (secondary N) is 1. The van der Waals surface area contributed by atoms with Gasteiger partial charge in [-0.1, -0.05) is 37.3 Å². The first-order chi connectivity index (χ1) is 13.5. The third kappa shape index (κ3) is 5.16. The van der Waals surface area contributed by atoms with E-state index in [2.05, 4.69) is 5.32 Å². The van der Waals surface area contributed by atoms with Crippen molar-refractivity contribution in [2.45, 2.75) is 12.8 Å². The molecule has 2 aromatic carbocycles. The van der Waals surface area contributed by atoms with Crippen molar-refractivity contribution < 1.29 is 28.5 Å². The molecule has 0 saturated heterocycles. The topological polar surface area (TPSA) is 83.1 Å². The Kier molecular flexibility index (Phi) is 7.68. The molecule has 0 radical (unpaired) electrons. The monoisotopic (exact) mass is 387 g/mol. The van der Waals surface area contributed by atoms with Crippen molar-refractivity contribution >= 4 is 11.9 Å². The first-order valence-electron chi connectivity index (χ1n) is 8.79. The highest BCUT2D eigenvalue weighted by Gasteiger charge is 2.22. The van der Waals surface area contributed by atoms with Gasteiger partial charge in [0.25, 0.3) is 5.91 Å². The van der Waals surface area contributed by atoms with Crippen LogP contribution in [0.15, 0.2) is 42.5 Å². The average molecular weight is 387 g/mol. The van der Waals surface area contributed by atoms with E-state index in [0.717, 1.165) is 5.56 Å². The van der Waals surface area contributed by atoms with E-state index in [4.69, 9.17) is 18.9 Å². The van der Waals surface area contributed by atoms with Gasteiger partial charge in [0, 0.05) is 6.54 Å². The normalized spacial score (nSPS) is 11.3. The molecule has 150 valence electrons. The van der Waals surface area contributed by atoms with Crippen LogP contribution in [0, 0.1) is 0 Å². The first kappa shape index (κ1) is 21.1. The maximum Gasteiger partial charge on any atom is 0.342 e. The molecular formula is C21H25NO6. The molecule has 0 heterocycles. The third-order valence-electron chi connectivity index (χ3n) is 4.23. The molecule has 0 aliphatic rings. The van der Waals surface area contributed by atoms with Gasteiger partial charge in [-0.15, -0.1) is 0 Å². The fourth-order valence-electron chi connectivity index (χ4n) is 2.69. The largest absolute Gasteiger partial charge is 0.493 e. The molecule has 0 fully saturated rings. The summed E-state index contributed by atoms with van der Waals surface area (Å²) < 4.78 is 20.8. The molecule has 0 aliphatic carbocycles. The summed E-state index contributed by atoms with van der Waals surface area (Å²) in [5, 5.41) is 2.77. The minimum Gasteiger partial charge on any atom is -0.493 e. The molecule has 0 bridgehead atoms. The summed E-state index contributed by atoms with van der Waals surface area (Å²) in [7, 11) is 4.33. The number of ether oxygens (including phenoxy) is 4. The molecule has 7 heteroatoms. The maximum absolute atomic E-state index is 12.4. The standard InChI is InChI=1S/C21H25NO6/c1-14(15-8-6-5-7-9-15)12-22-18(23)13-28-21(24)16-10-11-17(25-2)20(27-4)19(16)26-3/h5-11,14H,12-13H2,1-4H3,(H,22,23)/t14-/m1/s1. The molecule has 0 spiro atoms. The number of hydrogen-bond donors (Lipinski definition) is 1. The van der Waals surface area contributed by atoms with Crippen LogP contribution in [0.4, 0.5) is 0 Å². The van der Waals surface area contributed by atoms with Crippen LogP contribution in [0.2, 0.25) is 0 Å². The van der Waals surface area contributed by atoms with E-state index in [9.17, 15) is 9.59 Å². The van der Waals surface area contributed by atoms with E-state index in [-0.39, 0.29) is 28.9 Å². The number of rotatable bonds is 9. The second kappa shape index (κ2) is 10.2. The molecule has 1 amide bonds. The summed E-state index contributed by atoms with van der Waals surface area (Å²) in [6.07, 6.45) is 0. The molecule has 7 nitrogen and oxygen atoms in total. The lowest BCUT2D eigenvalue weighted by atomic mass is 10.0. The van der Waals surface area contributed by atoms with Gasteiger partial charge in [-0.2, -0.15) is 0 Å². The average Bonchev–Trinajstić information content (AvgIpc) is 2.74. The Morgan fingerprint density at radius 1 is 0.929 bits per heavy atom. The fourth-order valence-corrected chi connectivity index (χ4v) is 2.69. The molecule has 0 unspecified atom stereocenters. The van der Waals surface area contributed by atoms with E-state index in [1.807, 2.05) is 37.3 Å². The summed E-state index contributed by atoms with van der Waals surface area (Å²) in [6, 6.07) is 12.9. The van der Waals surface area contributed by atoms with Crippen molar-refractivity contribution in [3.05, 3.63) is 53.6 Å². The lowest BCUT2D eigenvalue weighted by Gasteiger charge is -2.15. The van der Waals surface area contributed by atoms with E-state index < -0.39 is 12.6 Å². The molecular weight excluding hydrogens is 362 g/mol. The number of carbonyl (C=O) groups excluding carboxylic acids is 2. The minimum absolute atomic E-state index is 0.144. The smallest absolute Gasteiger partial charge is 0.342 e. The SMILES string of the molecule is COc1ccc(C(=O)OCC(=O)NC[C@@H](C)c2ccccc2)c(OC)c1OC. The van der Waals surface area contributed by atoms with E-state index >= 15 is 0 Å². The van der Waals surface area contributed by atoms with E-state index in [1.165, 1.54) is 27.4 Å². The van der Waals surface area contributed by atoms with Gasteiger partial charge in [-0.3, -0.25) is 4.79 Å². The number of methoxy groups -OCH3 is 3. The van der Waals surface area contributed by atoms with Crippen LogP contribution >= 0.6 is 0 Å². The Balaban J connectivity index is 1.94. The van der Waals surface area contributed by atoms with Crippen molar-refractivity contribution in [2.24, 2.45) is 0 Å². The van der Waals surface area contributed by atoms with Crippen molar-refractivity contribution in [3.8, 4) is 17.2 Å². The number of carbonyl (C=O) groups is 2. The van der Waals surface area contributed by atoms with Crippen molar-refractivity contribution in [1.29, 1.82) is 0 Å². The maximum atomic E-state index is 12.4. The van der Waals surface area contributed by atoms with Crippen LogP contribution in [-0.2, 0) is 9.53 Å². The number of amides is 1. The molecule has 2 aromatic rings. The predicted octanol–water partition coefficient (Wildman–Crippen LogP) is 2.79. The van der Waals surface area contributed by atoms with Gasteiger partial charge in [0.1, 0.15) is 5.56 Å². The van der Waals surface area contributed by atoms with Crippen LogP contribution in [-0.4, -0.2) is 46.4 Å². The lowest BCUT2D eigenvalue weighted by Crippen LogP contribution is -2.31. The highest BCUT2D eigenvalue weighted by atomic mass is 16.5. The molecule has 2 rings (SSSR count). The Hall–Kier alpha value is -3.22. The Bertz CT molecular complexity index is 806. The van der Waals surface area contributed by atoms with Gasteiger partial charge in [0.15, 0.2) is 18.1 Å². The molecule has 1 N–H and O–H groups in total. The highest BCUT2D eigenvalue weighted by molar-refractivity contribution is 5.95. The van der Waals surface area contributed by atoms with Crippen molar-refractivity contribution in [2.75, 3.05) is 34.5 Å². The third-order valence-corrected chi connectivity index (χ3v) is 4.23. The van der Waals surface area contributed by atoms with Gasteiger partial charge in [-0.05, 0) is 23.6 Å². The molecule has 0 saturated carbocycles. The molecule has 0 aromatic heterocycles. The summed E-state index contributed by atoms with van der Waals surface area (Å²) in [6.45, 7) is 2.06. The van der Waals surface area contributed by atoms with Crippen LogP contribution in [0.1, 0.15) is 28.8 Å². The highest BCUT2D eigenvalue weighted by Crippen LogP contribution is 2.39. The van der Waals surface area contributed by atoms with Crippen LogP contribution in [0.3, 0.4) is 0 Å². The van der Waals surface area contributed by atoms with Crippen LogP contribution in [0.25, 0.3) is 0 Å². The Morgan fingerprint density at radius 2 is 1.61 bits per heavy atom. The van der Waals surface area contributed by atoms with E-state index in [1.54, 1.807) is 6.07 Å². The van der Waals surface area contributed by atoms with Crippen LogP contribution in [0.5, 0.6) is 17.2 Å². The Labute approximate surface area is 164 Å². The van der Waals surface area contributed by atoms with Gasteiger partial charge in [0.2, 0.25) is 5.75 Å². The number of esters is 1. The number of benzene rings is 2. The quantitative estimate of drug-likeness (QED) is 0.666. The number of hydrogen-bond acceptors (Lipinski definition) is 6. The van der Waals surface area contributed by atoms with Gasteiger partial charge < -0.3 is 24.3 Å². The van der Waals surface area contributed by atoms with Crippen molar-refractivity contribution in [3.63, 3.8) is 0 Å². The second-order valence-electron chi connectivity index (χ2n) is 6.07. The van der Waals surface area contributed by atoms with Gasteiger partial charge in [0.05, 0.1) is 21.3 Å². The molecule has 1 atom stereocenters. The fraction of sp³-hybridized carbons (Fsp3) is 0.333. The first-order valence-corrected chi connectivity index (χ1v) is 8.79. The van der Waals surface area contributed by atoms with Crippen molar-refractivity contribution in [1.82, 2.24) is 5.32 Å². The summed E-state index contributed by atoms with van der Waals surface area (Å²) in [5.74, 6) is -0.0412. The molecule has 0 aliphatic heterocycles. The Morgan fingerprint density at radius 3 is 2.21 bits per heavy atom. The zero-order valence-electron chi connectivity index (χ0n) is 16.5. The predicted molar refractivity (Wildman–Crippen MR) is 104 cm³/mol. The molecule has 28 heavy (non-hydrogen) atoms. The van der Waals surface area contributed by atoms with Crippen LogP contribution < -0.4 is 19.5 Å². The summed E-state index contributed by atoms with van der Waals surface area (Å²) >= 11 is 0.